The third kappa shape index (κ3) is 1.29. The first-order valence-corrected chi connectivity index (χ1v) is 5.72. The zero-order valence-electron chi connectivity index (χ0n) is 6.38. The molecule has 64 valence electrons. The zero-order valence-corrected chi connectivity index (χ0v) is 7.19. The first kappa shape index (κ1) is 7.55. The van der Waals surface area contributed by atoms with Gasteiger partial charge in [-0.1, -0.05) is 0 Å². The first-order chi connectivity index (χ1) is 5.12. The highest BCUT2D eigenvalue weighted by Gasteiger charge is 2.44. The molecule has 2 heterocycles. The van der Waals surface area contributed by atoms with Crippen LogP contribution in [0, 0.1) is 5.41 Å². The second-order valence-electron chi connectivity index (χ2n) is 3.69. The van der Waals surface area contributed by atoms with E-state index in [1.165, 1.54) is 0 Å². The van der Waals surface area contributed by atoms with Gasteiger partial charge in [0.1, 0.15) is 0 Å². The number of hydrogen-bond donors (Lipinski definition) is 0. The third-order valence-electron chi connectivity index (χ3n) is 2.51. The molecular weight excluding hydrogens is 164 g/mol. The molecular formula is C7H12O3S. The van der Waals surface area contributed by atoms with E-state index >= 15 is 0 Å². The molecule has 4 heteroatoms. The molecule has 0 saturated carbocycles. The minimum atomic E-state index is -2.73. The molecule has 0 bridgehead atoms. The van der Waals surface area contributed by atoms with E-state index in [2.05, 4.69) is 0 Å². The summed E-state index contributed by atoms with van der Waals surface area (Å²) in [7, 11) is -2.73. The fourth-order valence-corrected chi connectivity index (χ4v) is 3.87. The van der Waals surface area contributed by atoms with Gasteiger partial charge in [-0.2, -0.15) is 0 Å². The molecule has 1 spiro atoms. The predicted octanol–water partition coefficient (Wildman–Crippen LogP) is 0.212. The summed E-state index contributed by atoms with van der Waals surface area (Å²) in [5, 5.41) is 0. The van der Waals surface area contributed by atoms with Crippen molar-refractivity contribution in [1.29, 1.82) is 0 Å². The fraction of sp³-hybridized carbons (Fsp3) is 1.00. The summed E-state index contributed by atoms with van der Waals surface area (Å²) in [6.07, 6.45) is 1.86. The number of hydrogen-bond acceptors (Lipinski definition) is 3. The molecule has 0 N–H and O–H groups in total. The van der Waals surface area contributed by atoms with Crippen LogP contribution in [0.3, 0.4) is 0 Å². The molecule has 2 aliphatic heterocycles. The highest BCUT2D eigenvalue weighted by Crippen LogP contribution is 2.37. The largest absolute Gasteiger partial charge is 0.380 e. The predicted molar refractivity (Wildman–Crippen MR) is 41.1 cm³/mol. The first-order valence-electron chi connectivity index (χ1n) is 3.90. The van der Waals surface area contributed by atoms with Crippen molar-refractivity contribution >= 4 is 9.84 Å². The van der Waals surface area contributed by atoms with Crippen molar-refractivity contribution in [3.05, 3.63) is 0 Å². The minimum absolute atomic E-state index is 0.0249. The highest BCUT2D eigenvalue weighted by molar-refractivity contribution is 7.91. The molecule has 11 heavy (non-hydrogen) atoms. The van der Waals surface area contributed by atoms with Gasteiger partial charge >= 0.3 is 0 Å². The van der Waals surface area contributed by atoms with Gasteiger partial charge in [0, 0.05) is 5.41 Å². The monoisotopic (exact) mass is 176 g/mol. The van der Waals surface area contributed by atoms with Crippen molar-refractivity contribution in [3.63, 3.8) is 0 Å². The molecule has 3 nitrogen and oxygen atoms in total. The fourth-order valence-electron chi connectivity index (χ4n) is 1.90. The Balaban J connectivity index is 2.15. The van der Waals surface area contributed by atoms with Gasteiger partial charge in [-0.15, -0.1) is 0 Å². The van der Waals surface area contributed by atoms with Gasteiger partial charge in [0.15, 0.2) is 9.84 Å². The summed E-state index contributed by atoms with van der Waals surface area (Å²) >= 11 is 0. The van der Waals surface area contributed by atoms with Crippen molar-refractivity contribution in [3.8, 4) is 0 Å². The average Bonchev–Trinajstić information content (AvgIpc) is 1.82. The van der Waals surface area contributed by atoms with Crippen LogP contribution in [-0.2, 0) is 14.6 Å². The van der Waals surface area contributed by atoms with E-state index in [0.717, 1.165) is 12.8 Å². The number of sulfone groups is 1. The Kier molecular flexibility index (Phi) is 1.51. The minimum Gasteiger partial charge on any atom is -0.380 e. The molecule has 2 saturated heterocycles. The molecule has 2 aliphatic rings. The second kappa shape index (κ2) is 2.20. The molecule has 0 aliphatic carbocycles. The maximum absolute atomic E-state index is 11.2. The molecule has 0 aromatic carbocycles. The summed E-state index contributed by atoms with van der Waals surface area (Å²) < 4.78 is 27.5. The van der Waals surface area contributed by atoms with E-state index in [0.29, 0.717) is 24.7 Å². The average molecular weight is 176 g/mol. The summed E-state index contributed by atoms with van der Waals surface area (Å²) in [6, 6.07) is 0. The maximum Gasteiger partial charge on any atom is 0.151 e. The van der Waals surface area contributed by atoms with Crippen molar-refractivity contribution in [1.82, 2.24) is 0 Å². The topological polar surface area (TPSA) is 43.4 Å². The molecule has 0 amide bonds. The van der Waals surface area contributed by atoms with E-state index in [1.54, 1.807) is 0 Å². The standard InChI is InChI=1S/C7H12O3S/c8-11(9)3-1-2-7(6-11)4-10-5-7/h1-6H2. The van der Waals surface area contributed by atoms with Crippen LogP contribution in [0.2, 0.25) is 0 Å². The molecule has 0 aromatic rings. The third-order valence-corrected chi connectivity index (χ3v) is 4.47. The van der Waals surface area contributed by atoms with Crippen LogP contribution in [0.5, 0.6) is 0 Å². The molecule has 2 fully saturated rings. The van der Waals surface area contributed by atoms with Gasteiger partial charge in [-0.05, 0) is 12.8 Å². The summed E-state index contributed by atoms with van der Waals surface area (Å²) in [5.74, 6) is 0.745. The second-order valence-corrected chi connectivity index (χ2v) is 5.87. The summed E-state index contributed by atoms with van der Waals surface area (Å²) in [6.45, 7) is 1.32. The SMILES string of the molecule is O=S1(=O)CCCC2(COC2)C1. The van der Waals surface area contributed by atoms with E-state index in [4.69, 9.17) is 4.74 Å². The van der Waals surface area contributed by atoms with E-state index in [-0.39, 0.29) is 5.41 Å². The van der Waals surface area contributed by atoms with Crippen LogP contribution >= 0.6 is 0 Å². The van der Waals surface area contributed by atoms with Gasteiger partial charge in [0.2, 0.25) is 0 Å². The Morgan fingerprint density at radius 3 is 2.36 bits per heavy atom. The van der Waals surface area contributed by atoms with Gasteiger partial charge in [0.05, 0.1) is 24.7 Å². The normalized spacial score (nSPS) is 33.1. The molecule has 0 atom stereocenters. The number of ether oxygens (including phenoxy) is 1. The smallest absolute Gasteiger partial charge is 0.151 e. The van der Waals surface area contributed by atoms with Gasteiger partial charge in [-0.3, -0.25) is 0 Å². The quantitative estimate of drug-likeness (QED) is 0.530. The van der Waals surface area contributed by atoms with Crippen LogP contribution in [0.15, 0.2) is 0 Å². The molecule has 2 rings (SSSR count). The lowest BCUT2D eigenvalue weighted by molar-refractivity contribution is -0.105. The number of rotatable bonds is 0. The van der Waals surface area contributed by atoms with Crippen LogP contribution in [0.1, 0.15) is 12.8 Å². The Labute approximate surface area is 66.7 Å². The van der Waals surface area contributed by atoms with Crippen LogP contribution in [-0.4, -0.2) is 33.1 Å². The Morgan fingerprint density at radius 2 is 2.00 bits per heavy atom. The molecule has 0 unspecified atom stereocenters. The lowest BCUT2D eigenvalue weighted by atomic mass is 9.83. The van der Waals surface area contributed by atoms with Crippen LogP contribution in [0.4, 0.5) is 0 Å². The van der Waals surface area contributed by atoms with Crippen molar-refractivity contribution in [2.75, 3.05) is 24.7 Å². The molecule has 0 aromatic heterocycles. The molecule has 0 radical (unpaired) electrons. The highest BCUT2D eigenvalue weighted by atomic mass is 32.2. The van der Waals surface area contributed by atoms with Crippen LogP contribution < -0.4 is 0 Å². The Hall–Kier alpha value is -0.0900. The van der Waals surface area contributed by atoms with Crippen molar-refractivity contribution in [2.45, 2.75) is 12.8 Å². The Bertz CT molecular complexity index is 251. The zero-order chi connectivity index (χ0) is 7.95. The maximum atomic E-state index is 11.2. The lowest BCUT2D eigenvalue weighted by Crippen LogP contribution is -2.50. The van der Waals surface area contributed by atoms with Crippen LogP contribution in [0.25, 0.3) is 0 Å². The Morgan fingerprint density at radius 1 is 1.27 bits per heavy atom. The summed E-state index contributed by atoms with van der Waals surface area (Å²) in [4.78, 5) is 0. The van der Waals surface area contributed by atoms with Gasteiger partial charge < -0.3 is 4.74 Å². The van der Waals surface area contributed by atoms with E-state index in [9.17, 15) is 8.42 Å². The lowest BCUT2D eigenvalue weighted by Gasteiger charge is -2.43. The summed E-state index contributed by atoms with van der Waals surface area (Å²) in [5.41, 5.74) is 0.0249. The van der Waals surface area contributed by atoms with Gasteiger partial charge in [0.25, 0.3) is 0 Å². The van der Waals surface area contributed by atoms with Crippen molar-refractivity contribution in [2.24, 2.45) is 5.41 Å². The van der Waals surface area contributed by atoms with Gasteiger partial charge in [-0.25, -0.2) is 8.42 Å². The van der Waals surface area contributed by atoms with E-state index in [1.807, 2.05) is 0 Å². The van der Waals surface area contributed by atoms with E-state index < -0.39 is 9.84 Å². The van der Waals surface area contributed by atoms with Crippen molar-refractivity contribution < 1.29 is 13.2 Å².